The molecule has 1 N–H and O–H groups in total. The number of carbonyl (C=O) groups is 2. The molecule has 3 aromatic rings. The summed E-state index contributed by atoms with van der Waals surface area (Å²) in [7, 11) is -4.24. The molecule has 0 fully saturated rings. The van der Waals surface area contributed by atoms with Crippen molar-refractivity contribution in [3.8, 4) is 0 Å². The first-order valence-corrected chi connectivity index (χ1v) is 14.8. The van der Waals surface area contributed by atoms with Crippen molar-refractivity contribution in [2.24, 2.45) is 0 Å². The van der Waals surface area contributed by atoms with Gasteiger partial charge in [0.25, 0.3) is 10.0 Å². The quantitative estimate of drug-likeness (QED) is 0.283. The van der Waals surface area contributed by atoms with Gasteiger partial charge in [-0.05, 0) is 68.8 Å². The van der Waals surface area contributed by atoms with Gasteiger partial charge in [0.2, 0.25) is 11.8 Å². The summed E-state index contributed by atoms with van der Waals surface area (Å²) in [5.41, 5.74) is 1.57. The lowest BCUT2D eigenvalue weighted by Crippen LogP contribution is -2.51. The number of amides is 2. The predicted molar refractivity (Wildman–Crippen MR) is 157 cm³/mol. The molecule has 0 saturated heterocycles. The van der Waals surface area contributed by atoms with Crippen LogP contribution in [0.2, 0.25) is 20.1 Å². The topological polar surface area (TPSA) is 86.8 Å². The Labute approximate surface area is 248 Å². The van der Waals surface area contributed by atoms with E-state index in [2.05, 4.69) is 5.32 Å². The van der Waals surface area contributed by atoms with Gasteiger partial charge in [-0.3, -0.25) is 13.9 Å². The Morgan fingerprint density at radius 1 is 0.897 bits per heavy atom. The molecule has 2 amide bonds. The monoisotopic (exact) mass is 629 g/mol. The summed E-state index contributed by atoms with van der Waals surface area (Å²) in [6.45, 7) is 4.86. The molecule has 0 bridgehead atoms. The van der Waals surface area contributed by atoms with Crippen molar-refractivity contribution in [3.05, 3.63) is 91.9 Å². The van der Waals surface area contributed by atoms with Crippen molar-refractivity contribution in [1.29, 1.82) is 0 Å². The van der Waals surface area contributed by atoms with Gasteiger partial charge >= 0.3 is 0 Å². The third-order valence-corrected chi connectivity index (χ3v) is 8.84. The summed E-state index contributed by atoms with van der Waals surface area (Å²) < 4.78 is 28.6. The predicted octanol–water partition coefficient (Wildman–Crippen LogP) is 6.36. The van der Waals surface area contributed by atoms with E-state index in [0.717, 1.165) is 9.87 Å². The number of likely N-dealkylation sites (N-methyl/N-ethyl adjacent to an activating group) is 1. The molecule has 0 heterocycles. The molecule has 7 nitrogen and oxygen atoms in total. The lowest BCUT2D eigenvalue weighted by molar-refractivity contribution is -0.139. The van der Waals surface area contributed by atoms with E-state index < -0.39 is 34.4 Å². The maximum absolute atomic E-state index is 13.9. The second-order valence-corrected chi connectivity index (χ2v) is 12.3. The molecule has 1 unspecified atom stereocenters. The molecular weight excluding hydrogens is 604 g/mol. The minimum absolute atomic E-state index is 0.0233. The van der Waals surface area contributed by atoms with Gasteiger partial charge < -0.3 is 10.2 Å². The number of benzene rings is 3. The summed E-state index contributed by atoms with van der Waals surface area (Å²) in [4.78, 5) is 27.9. The molecule has 0 aromatic heterocycles. The van der Waals surface area contributed by atoms with E-state index in [-0.39, 0.29) is 32.2 Å². The summed E-state index contributed by atoms with van der Waals surface area (Å²) in [5.74, 6) is -1.03. The summed E-state index contributed by atoms with van der Waals surface area (Å²) in [5, 5.41) is 3.70. The van der Waals surface area contributed by atoms with E-state index in [9.17, 15) is 18.0 Å². The van der Waals surface area contributed by atoms with Crippen molar-refractivity contribution in [3.63, 3.8) is 0 Å². The number of anilines is 1. The van der Waals surface area contributed by atoms with Crippen LogP contribution in [0, 0.1) is 6.92 Å². The van der Waals surface area contributed by atoms with Crippen LogP contribution in [0.1, 0.15) is 25.0 Å². The molecular formula is C27H27Cl4N3O4S. The third-order valence-electron chi connectivity index (χ3n) is 5.88. The van der Waals surface area contributed by atoms with Gasteiger partial charge in [-0.15, -0.1) is 0 Å². The van der Waals surface area contributed by atoms with Crippen molar-refractivity contribution in [1.82, 2.24) is 10.2 Å². The second-order valence-electron chi connectivity index (χ2n) is 8.79. The standard InChI is InChI=1S/C27H27Cl4N3O4S/c1-4-32-27(36)18(3)33(15-19-7-10-24(30)25(31)11-19)26(35)16-34(22-13-20(28)12-21(29)14-22)39(37,38)23-8-5-17(2)6-9-23/h5-14,18H,4,15-16H2,1-3H3,(H,32,36). The Hall–Kier alpha value is -2.49. The van der Waals surface area contributed by atoms with Gasteiger partial charge in [-0.2, -0.15) is 0 Å². The molecule has 0 saturated carbocycles. The summed E-state index contributed by atoms with van der Waals surface area (Å²) in [6.07, 6.45) is 0. The van der Waals surface area contributed by atoms with E-state index in [1.807, 2.05) is 6.92 Å². The Morgan fingerprint density at radius 3 is 2.08 bits per heavy atom. The first-order chi connectivity index (χ1) is 18.3. The highest BCUT2D eigenvalue weighted by atomic mass is 35.5. The van der Waals surface area contributed by atoms with Crippen molar-refractivity contribution < 1.29 is 18.0 Å². The zero-order valence-electron chi connectivity index (χ0n) is 21.4. The second kappa shape index (κ2) is 13.2. The Balaban J connectivity index is 2.07. The molecule has 39 heavy (non-hydrogen) atoms. The highest BCUT2D eigenvalue weighted by molar-refractivity contribution is 7.92. The number of aryl methyl sites for hydroxylation is 1. The van der Waals surface area contributed by atoms with Crippen LogP contribution in [0.25, 0.3) is 0 Å². The van der Waals surface area contributed by atoms with E-state index in [1.165, 1.54) is 35.2 Å². The highest BCUT2D eigenvalue weighted by Crippen LogP contribution is 2.30. The van der Waals surface area contributed by atoms with Gasteiger partial charge in [0.15, 0.2) is 0 Å². The van der Waals surface area contributed by atoms with Crippen LogP contribution in [0.4, 0.5) is 5.69 Å². The van der Waals surface area contributed by atoms with Crippen molar-refractivity contribution >= 4 is 73.9 Å². The largest absolute Gasteiger partial charge is 0.355 e. The van der Waals surface area contributed by atoms with Crippen LogP contribution in [0.15, 0.2) is 65.6 Å². The molecule has 12 heteroatoms. The molecule has 0 radical (unpaired) electrons. The Bertz CT molecular complexity index is 1450. The molecule has 0 aliphatic rings. The van der Waals surface area contributed by atoms with Crippen LogP contribution in [-0.2, 0) is 26.2 Å². The van der Waals surface area contributed by atoms with Gasteiger partial charge in [0, 0.05) is 23.1 Å². The molecule has 0 aliphatic carbocycles. The average Bonchev–Trinajstić information content (AvgIpc) is 2.87. The number of hydrogen-bond donors (Lipinski definition) is 1. The average molecular weight is 631 g/mol. The molecule has 0 spiro atoms. The first kappa shape index (κ1) is 31.0. The number of rotatable bonds is 10. The zero-order chi connectivity index (χ0) is 28.9. The third kappa shape index (κ3) is 7.80. The fourth-order valence-electron chi connectivity index (χ4n) is 3.79. The van der Waals surface area contributed by atoms with E-state index in [1.54, 1.807) is 44.2 Å². The molecule has 0 aliphatic heterocycles. The summed E-state index contributed by atoms with van der Waals surface area (Å²) >= 11 is 24.6. The number of halogens is 4. The molecule has 3 aromatic carbocycles. The van der Waals surface area contributed by atoms with Crippen LogP contribution in [0.3, 0.4) is 0 Å². The SMILES string of the molecule is CCNC(=O)C(C)N(Cc1ccc(Cl)c(Cl)c1)C(=O)CN(c1cc(Cl)cc(Cl)c1)S(=O)(=O)c1ccc(C)cc1. The van der Waals surface area contributed by atoms with Crippen LogP contribution in [-0.4, -0.2) is 44.3 Å². The van der Waals surface area contributed by atoms with Crippen molar-refractivity contribution in [2.75, 3.05) is 17.4 Å². The van der Waals surface area contributed by atoms with E-state index in [4.69, 9.17) is 46.4 Å². The molecule has 208 valence electrons. The van der Waals surface area contributed by atoms with Gasteiger partial charge in [-0.1, -0.05) is 70.2 Å². The lowest BCUT2D eigenvalue weighted by atomic mass is 10.1. The number of nitrogens with zero attached hydrogens (tertiary/aromatic N) is 2. The minimum atomic E-state index is -4.24. The number of nitrogens with one attached hydrogen (secondary N) is 1. The van der Waals surface area contributed by atoms with Gasteiger partial charge in [-0.25, -0.2) is 8.42 Å². The first-order valence-electron chi connectivity index (χ1n) is 11.9. The maximum Gasteiger partial charge on any atom is 0.264 e. The molecule has 1 atom stereocenters. The minimum Gasteiger partial charge on any atom is -0.355 e. The summed E-state index contributed by atoms with van der Waals surface area (Å²) in [6, 6.07) is 14.4. The fourth-order valence-corrected chi connectivity index (χ4v) is 6.02. The zero-order valence-corrected chi connectivity index (χ0v) is 25.3. The maximum atomic E-state index is 13.9. The van der Waals surface area contributed by atoms with Gasteiger partial charge in [0.1, 0.15) is 12.6 Å². The smallest absolute Gasteiger partial charge is 0.264 e. The number of sulfonamides is 1. The van der Waals surface area contributed by atoms with Gasteiger partial charge in [0.05, 0.1) is 20.6 Å². The molecule has 3 rings (SSSR count). The lowest BCUT2D eigenvalue weighted by Gasteiger charge is -2.32. The van der Waals surface area contributed by atoms with E-state index in [0.29, 0.717) is 17.1 Å². The van der Waals surface area contributed by atoms with Crippen LogP contribution >= 0.6 is 46.4 Å². The Morgan fingerprint density at radius 2 is 1.51 bits per heavy atom. The highest BCUT2D eigenvalue weighted by Gasteiger charge is 2.32. The number of hydrogen-bond acceptors (Lipinski definition) is 4. The normalized spacial score (nSPS) is 12.1. The van der Waals surface area contributed by atoms with Crippen LogP contribution < -0.4 is 9.62 Å². The fraction of sp³-hybridized carbons (Fsp3) is 0.259. The Kier molecular flexibility index (Phi) is 10.5. The number of carbonyl (C=O) groups excluding carboxylic acids is 2. The van der Waals surface area contributed by atoms with E-state index >= 15 is 0 Å². The van der Waals surface area contributed by atoms with Crippen LogP contribution in [0.5, 0.6) is 0 Å². The van der Waals surface area contributed by atoms with Crippen molar-refractivity contribution in [2.45, 2.75) is 38.3 Å².